The van der Waals surface area contributed by atoms with Crippen LogP contribution in [0.3, 0.4) is 0 Å². The van der Waals surface area contributed by atoms with Crippen LogP contribution in [0.25, 0.3) is 0 Å². The average Bonchev–Trinajstić information content (AvgIpc) is 2.93. The number of unbranched alkanes of at least 4 members (excludes halogenated alkanes) is 28. The molecule has 4 nitrogen and oxygen atoms in total. The second kappa shape index (κ2) is 41.8. The van der Waals surface area contributed by atoms with E-state index in [1.165, 1.54) is 167 Å². The molecule has 0 unspecified atom stereocenters. The van der Waals surface area contributed by atoms with Gasteiger partial charge in [0.1, 0.15) is 0 Å². The molecule has 0 aromatic heterocycles. The van der Waals surface area contributed by atoms with E-state index < -0.39 is 11.9 Å². The molecule has 0 atom stereocenters. The second-order valence-corrected chi connectivity index (χ2v) is 12.1. The maximum atomic E-state index is 10.2. The summed E-state index contributed by atoms with van der Waals surface area (Å²) in [6, 6.07) is 0. The Labute approximate surface area is 272 Å². The molecule has 0 heterocycles. The van der Waals surface area contributed by atoms with Gasteiger partial charge in [0.2, 0.25) is 0 Å². The first-order chi connectivity index (χ1) is 19.5. The fourth-order valence-corrected chi connectivity index (χ4v) is 5.28. The molecule has 0 aromatic rings. The molecule has 0 aromatic carbocycles. The fraction of sp³-hybridized carbons (Fsp3) is 0.944. The summed E-state index contributed by atoms with van der Waals surface area (Å²) in [5.74, 6) is -1.81. The molecule has 1 radical (unpaired) electrons. The second-order valence-electron chi connectivity index (χ2n) is 12.1. The van der Waals surface area contributed by atoms with Gasteiger partial charge in [0, 0.05) is 34.3 Å². The van der Waals surface area contributed by atoms with Gasteiger partial charge in [-0.25, -0.2) is 0 Å². The van der Waals surface area contributed by atoms with Crippen molar-refractivity contribution in [2.24, 2.45) is 0 Å². The smallest absolute Gasteiger partial charge is 0.0414 e. The topological polar surface area (TPSA) is 80.3 Å². The molecule has 0 fully saturated rings. The number of carbonyl (C=O) groups excluding carboxylic acids is 2. The number of carboxylic acid groups (broad SMARTS) is 2. The molecule has 5 heteroatoms. The third-order valence-corrected chi connectivity index (χ3v) is 7.97. The Morgan fingerprint density at radius 1 is 0.317 bits per heavy atom. The van der Waals surface area contributed by atoms with E-state index in [4.69, 9.17) is 0 Å². The van der Waals surface area contributed by atoms with Gasteiger partial charge in [0.15, 0.2) is 0 Å². The van der Waals surface area contributed by atoms with Crippen molar-refractivity contribution in [3.8, 4) is 0 Å². The molecule has 0 spiro atoms. The number of hydrogen-bond acceptors (Lipinski definition) is 4. The van der Waals surface area contributed by atoms with Crippen LogP contribution in [-0.4, -0.2) is 11.9 Å². The zero-order valence-corrected chi connectivity index (χ0v) is 29.0. The summed E-state index contributed by atoms with van der Waals surface area (Å²) >= 11 is 0. The Hall–Kier alpha value is -0.320. The van der Waals surface area contributed by atoms with Gasteiger partial charge >= 0.3 is 0 Å². The summed E-state index contributed by atoms with van der Waals surface area (Å²) in [6.45, 7) is 4.53. The van der Waals surface area contributed by atoms with Crippen molar-refractivity contribution >= 4 is 11.9 Å². The first-order valence-electron chi connectivity index (χ1n) is 17.9. The van der Waals surface area contributed by atoms with Crippen LogP contribution in [-0.2, 0) is 32.0 Å². The van der Waals surface area contributed by atoms with Crippen LogP contribution in [0.2, 0.25) is 0 Å². The van der Waals surface area contributed by atoms with Crippen LogP contribution in [0.5, 0.6) is 0 Å². The monoisotopic (exact) mass is 673 g/mol. The Morgan fingerprint density at radius 2 is 0.463 bits per heavy atom. The predicted molar refractivity (Wildman–Crippen MR) is 169 cm³/mol. The van der Waals surface area contributed by atoms with Crippen LogP contribution in [0.15, 0.2) is 0 Å². The van der Waals surface area contributed by atoms with Gasteiger partial charge < -0.3 is 19.8 Å². The molecule has 0 saturated carbocycles. The standard InChI is InChI=1S/2C18H36O2.Ag/c2*1-2-3-4-5-6-7-8-9-10-11-12-13-14-15-16-17-18(19)20;/h2*2-17H2,1H3,(H,19,20);/p-2. The van der Waals surface area contributed by atoms with Crippen molar-refractivity contribution in [2.75, 3.05) is 0 Å². The zero-order chi connectivity index (χ0) is 29.8. The number of carboxylic acids is 2. The zero-order valence-electron chi connectivity index (χ0n) is 27.6. The van der Waals surface area contributed by atoms with Crippen molar-refractivity contribution in [3.63, 3.8) is 0 Å². The molecule has 41 heavy (non-hydrogen) atoms. The Bertz CT molecular complexity index is 454. The summed E-state index contributed by atoms with van der Waals surface area (Å²) in [7, 11) is 0. The van der Waals surface area contributed by atoms with Crippen LogP contribution >= 0.6 is 0 Å². The Balaban J connectivity index is -0.000000688. The van der Waals surface area contributed by atoms with E-state index in [1.807, 2.05) is 0 Å². The molecule has 0 aliphatic heterocycles. The van der Waals surface area contributed by atoms with Gasteiger partial charge in [-0.1, -0.05) is 194 Å². The van der Waals surface area contributed by atoms with E-state index in [2.05, 4.69) is 13.8 Å². The van der Waals surface area contributed by atoms with E-state index in [0.717, 1.165) is 25.7 Å². The third kappa shape index (κ3) is 49.7. The Kier molecular flexibility index (Phi) is 46.0. The summed E-state index contributed by atoms with van der Waals surface area (Å²) in [6.07, 6.45) is 39.7. The van der Waals surface area contributed by atoms with E-state index in [0.29, 0.717) is 0 Å². The van der Waals surface area contributed by atoms with Gasteiger partial charge in [0.05, 0.1) is 0 Å². The molecule has 251 valence electrons. The minimum atomic E-state index is -0.903. The number of carbonyl (C=O) groups is 2. The van der Waals surface area contributed by atoms with Crippen LogP contribution in [0, 0.1) is 0 Å². The molecule has 0 rings (SSSR count). The van der Waals surface area contributed by atoms with Crippen LogP contribution in [0.4, 0.5) is 0 Å². The maximum Gasteiger partial charge on any atom is 0.0414 e. The van der Waals surface area contributed by atoms with Gasteiger partial charge in [-0.3, -0.25) is 0 Å². The number of rotatable bonds is 32. The average molecular weight is 675 g/mol. The minimum Gasteiger partial charge on any atom is -0.550 e. The molecule has 0 amide bonds. The SMILES string of the molecule is CCCCCCCCCCCCCCCCCC(=O)[O-].CCCCCCCCCCCCCCCCCC(=O)[O-].[Ag]. The van der Waals surface area contributed by atoms with E-state index in [9.17, 15) is 19.8 Å². The molecule has 0 bridgehead atoms. The maximum absolute atomic E-state index is 10.2. The van der Waals surface area contributed by atoms with Crippen molar-refractivity contribution < 1.29 is 42.2 Å². The van der Waals surface area contributed by atoms with Crippen molar-refractivity contribution in [3.05, 3.63) is 0 Å². The molecule has 0 saturated heterocycles. The predicted octanol–water partition coefficient (Wildman–Crippen LogP) is 9.99. The fourth-order valence-electron chi connectivity index (χ4n) is 5.28. The summed E-state index contributed by atoms with van der Waals surface area (Å²) in [5, 5.41) is 20.4. The normalized spacial score (nSPS) is 10.6. The minimum absolute atomic E-state index is 0. The van der Waals surface area contributed by atoms with Gasteiger partial charge in [0.25, 0.3) is 0 Å². The molecular weight excluding hydrogens is 604 g/mol. The van der Waals surface area contributed by atoms with Gasteiger partial charge in [-0.15, -0.1) is 0 Å². The molecular formula is C36H70AgO4-2. The largest absolute Gasteiger partial charge is 0.550 e. The van der Waals surface area contributed by atoms with Crippen molar-refractivity contribution in [2.45, 2.75) is 219 Å². The number of hydrogen-bond donors (Lipinski definition) is 0. The summed E-state index contributed by atoms with van der Waals surface area (Å²) < 4.78 is 0. The van der Waals surface area contributed by atoms with Crippen molar-refractivity contribution in [1.29, 1.82) is 0 Å². The third-order valence-electron chi connectivity index (χ3n) is 7.97. The van der Waals surface area contributed by atoms with Crippen LogP contribution < -0.4 is 10.2 Å². The Morgan fingerprint density at radius 3 is 0.610 bits per heavy atom. The molecule has 0 N–H and O–H groups in total. The summed E-state index contributed by atoms with van der Waals surface area (Å²) in [4.78, 5) is 20.4. The van der Waals surface area contributed by atoms with Crippen LogP contribution in [0.1, 0.15) is 219 Å². The van der Waals surface area contributed by atoms with E-state index in [-0.39, 0.29) is 35.2 Å². The molecule has 0 aliphatic carbocycles. The quantitative estimate of drug-likeness (QED) is 0.0526. The first-order valence-corrected chi connectivity index (χ1v) is 17.9. The number of aliphatic carboxylic acids is 2. The summed E-state index contributed by atoms with van der Waals surface area (Å²) in [5.41, 5.74) is 0. The molecule has 0 aliphatic rings. The van der Waals surface area contributed by atoms with Gasteiger partial charge in [-0.05, 0) is 25.7 Å². The van der Waals surface area contributed by atoms with Gasteiger partial charge in [-0.2, -0.15) is 0 Å². The van der Waals surface area contributed by atoms with Crippen molar-refractivity contribution in [1.82, 2.24) is 0 Å². The van der Waals surface area contributed by atoms with E-state index in [1.54, 1.807) is 0 Å². The first kappa shape index (κ1) is 45.1. The van der Waals surface area contributed by atoms with E-state index >= 15 is 0 Å².